The lowest BCUT2D eigenvalue weighted by molar-refractivity contribution is -0.0109. The summed E-state index contributed by atoms with van der Waals surface area (Å²) in [7, 11) is 0. The van der Waals surface area contributed by atoms with Crippen LogP contribution in [-0.4, -0.2) is 42.5 Å². The third kappa shape index (κ3) is 2.65. The van der Waals surface area contributed by atoms with Crippen LogP contribution < -0.4 is 0 Å². The van der Waals surface area contributed by atoms with Crippen molar-refractivity contribution in [2.45, 2.75) is 13.0 Å². The van der Waals surface area contributed by atoms with E-state index in [2.05, 4.69) is 0 Å². The number of aryl methyl sites for hydroxylation is 1. The first-order valence-electron chi connectivity index (χ1n) is 5.85. The molecule has 0 saturated carbocycles. The van der Waals surface area contributed by atoms with Crippen molar-refractivity contribution in [3.8, 4) is 0 Å². The van der Waals surface area contributed by atoms with E-state index in [0.717, 1.165) is 0 Å². The second-order valence-electron chi connectivity index (χ2n) is 4.33. The van der Waals surface area contributed by atoms with E-state index in [9.17, 15) is 9.18 Å². The van der Waals surface area contributed by atoms with Gasteiger partial charge in [0.15, 0.2) is 0 Å². The minimum Gasteiger partial charge on any atom is -0.373 e. The van der Waals surface area contributed by atoms with Crippen LogP contribution in [0.3, 0.4) is 0 Å². The SMILES string of the molecule is Cc1cccc(C(=O)N2CCOC(CCl)C2)c1F. The number of morpholine rings is 1. The zero-order chi connectivity index (χ0) is 13.1. The number of amides is 1. The topological polar surface area (TPSA) is 29.5 Å². The van der Waals surface area contributed by atoms with Gasteiger partial charge in [-0.25, -0.2) is 4.39 Å². The van der Waals surface area contributed by atoms with Crippen LogP contribution in [0, 0.1) is 12.7 Å². The van der Waals surface area contributed by atoms with Crippen LogP contribution in [0.5, 0.6) is 0 Å². The summed E-state index contributed by atoms with van der Waals surface area (Å²) in [6, 6.07) is 4.84. The Morgan fingerprint density at radius 1 is 1.61 bits per heavy atom. The first kappa shape index (κ1) is 13.3. The van der Waals surface area contributed by atoms with Gasteiger partial charge in [-0.3, -0.25) is 4.79 Å². The third-order valence-corrected chi connectivity index (χ3v) is 3.36. The maximum atomic E-state index is 13.9. The van der Waals surface area contributed by atoms with Crippen LogP contribution in [0.1, 0.15) is 15.9 Å². The predicted octanol–water partition coefficient (Wildman–Crippen LogP) is 2.21. The molecule has 2 rings (SSSR count). The summed E-state index contributed by atoms with van der Waals surface area (Å²) in [5.41, 5.74) is 0.591. The lowest BCUT2D eigenvalue weighted by Gasteiger charge is -2.32. The Labute approximate surface area is 110 Å². The number of hydrogen-bond donors (Lipinski definition) is 0. The summed E-state index contributed by atoms with van der Waals surface area (Å²) in [6.45, 7) is 2.97. The molecule has 1 aliphatic rings. The first-order valence-corrected chi connectivity index (χ1v) is 6.39. The molecule has 0 bridgehead atoms. The normalized spacial score (nSPS) is 19.9. The predicted molar refractivity (Wildman–Crippen MR) is 67.5 cm³/mol. The minimum atomic E-state index is -0.448. The van der Waals surface area contributed by atoms with Crippen molar-refractivity contribution in [3.05, 3.63) is 35.1 Å². The molecule has 1 unspecified atom stereocenters. The average molecular weight is 272 g/mol. The number of benzene rings is 1. The maximum Gasteiger partial charge on any atom is 0.257 e. The van der Waals surface area contributed by atoms with E-state index in [1.165, 1.54) is 6.07 Å². The van der Waals surface area contributed by atoms with Crippen LogP contribution in [0.15, 0.2) is 18.2 Å². The highest BCUT2D eigenvalue weighted by atomic mass is 35.5. The number of carbonyl (C=O) groups excluding carboxylic acids is 1. The van der Waals surface area contributed by atoms with Gasteiger partial charge in [0.1, 0.15) is 5.82 Å². The zero-order valence-electron chi connectivity index (χ0n) is 10.2. The number of halogens is 2. The Balaban J connectivity index is 2.18. The number of nitrogens with zero attached hydrogens (tertiary/aromatic N) is 1. The fourth-order valence-electron chi connectivity index (χ4n) is 1.98. The van der Waals surface area contributed by atoms with Crippen LogP contribution in [0.2, 0.25) is 0 Å². The Kier molecular flexibility index (Phi) is 4.19. The summed E-state index contributed by atoms with van der Waals surface area (Å²) >= 11 is 5.72. The van der Waals surface area contributed by atoms with Gasteiger partial charge >= 0.3 is 0 Å². The molecule has 1 aliphatic heterocycles. The summed E-state index contributed by atoms with van der Waals surface area (Å²) in [4.78, 5) is 13.8. The van der Waals surface area contributed by atoms with Crippen molar-refractivity contribution < 1.29 is 13.9 Å². The minimum absolute atomic E-state index is 0.116. The van der Waals surface area contributed by atoms with E-state index in [1.54, 1.807) is 24.0 Å². The Bertz CT molecular complexity index is 453. The van der Waals surface area contributed by atoms with E-state index in [-0.39, 0.29) is 17.6 Å². The molecule has 5 heteroatoms. The number of carbonyl (C=O) groups is 1. The van der Waals surface area contributed by atoms with Gasteiger partial charge in [0.25, 0.3) is 5.91 Å². The van der Waals surface area contributed by atoms with Gasteiger partial charge < -0.3 is 9.64 Å². The zero-order valence-corrected chi connectivity index (χ0v) is 10.9. The molecule has 1 heterocycles. The molecule has 0 aliphatic carbocycles. The van der Waals surface area contributed by atoms with E-state index in [4.69, 9.17) is 16.3 Å². The number of alkyl halides is 1. The molecule has 1 aromatic carbocycles. The molecule has 0 spiro atoms. The molecular weight excluding hydrogens is 257 g/mol. The molecule has 3 nitrogen and oxygen atoms in total. The van der Waals surface area contributed by atoms with Gasteiger partial charge in [-0.2, -0.15) is 0 Å². The largest absolute Gasteiger partial charge is 0.373 e. The second kappa shape index (κ2) is 5.67. The maximum absolute atomic E-state index is 13.9. The molecule has 18 heavy (non-hydrogen) atoms. The highest BCUT2D eigenvalue weighted by Crippen LogP contribution is 2.16. The van der Waals surface area contributed by atoms with Gasteiger partial charge in [-0.05, 0) is 18.6 Å². The van der Waals surface area contributed by atoms with Crippen LogP contribution in [0.25, 0.3) is 0 Å². The molecule has 1 aromatic rings. The van der Waals surface area contributed by atoms with E-state index >= 15 is 0 Å². The molecule has 1 saturated heterocycles. The lowest BCUT2D eigenvalue weighted by Crippen LogP contribution is -2.46. The molecule has 0 N–H and O–H groups in total. The van der Waals surface area contributed by atoms with Gasteiger partial charge in [0, 0.05) is 13.1 Å². The van der Waals surface area contributed by atoms with E-state index in [0.29, 0.717) is 31.1 Å². The van der Waals surface area contributed by atoms with E-state index in [1.807, 2.05) is 0 Å². The summed E-state index contributed by atoms with van der Waals surface area (Å²) in [5, 5.41) is 0. The Hall–Kier alpha value is -1.13. The molecule has 1 fully saturated rings. The number of rotatable bonds is 2. The van der Waals surface area contributed by atoms with Crippen molar-refractivity contribution in [3.63, 3.8) is 0 Å². The third-order valence-electron chi connectivity index (χ3n) is 3.02. The molecular formula is C13H15ClFNO2. The molecule has 1 amide bonds. The van der Waals surface area contributed by atoms with Crippen LogP contribution in [0.4, 0.5) is 4.39 Å². The van der Waals surface area contributed by atoms with Crippen molar-refractivity contribution in [2.75, 3.05) is 25.6 Å². The summed E-state index contributed by atoms with van der Waals surface area (Å²) < 4.78 is 19.3. The number of ether oxygens (including phenoxy) is 1. The summed E-state index contributed by atoms with van der Waals surface area (Å²) in [6.07, 6.45) is -0.169. The standard InChI is InChI=1S/C13H15ClFNO2/c1-9-3-2-4-11(12(9)15)13(17)16-5-6-18-10(7-14)8-16/h2-4,10H,5-8H2,1H3. The molecule has 0 aromatic heterocycles. The highest BCUT2D eigenvalue weighted by Gasteiger charge is 2.26. The van der Waals surface area contributed by atoms with Crippen molar-refractivity contribution in [1.82, 2.24) is 4.90 Å². The Morgan fingerprint density at radius 2 is 2.39 bits per heavy atom. The van der Waals surface area contributed by atoms with Gasteiger partial charge in [0.05, 0.1) is 24.2 Å². The van der Waals surface area contributed by atoms with Gasteiger partial charge in [-0.1, -0.05) is 12.1 Å². The van der Waals surface area contributed by atoms with Crippen molar-refractivity contribution >= 4 is 17.5 Å². The van der Waals surface area contributed by atoms with Crippen LogP contribution in [-0.2, 0) is 4.74 Å². The highest BCUT2D eigenvalue weighted by molar-refractivity contribution is 6.18. The monoisotopic (exact) mass is 271 g/mol. The fraction of sp³-hybridized carbons (Fsp3) is 0.462. The van der Waals surface area contributed by atoms with Crippen molar-refractivity contribution in [2.24, 2.45) is 0 Å². The lowest BCUT2D eigenvalue weighted by atomic mass is 10.1. The Morgan fingerprint density at radius 3 is 3.11 bits per heavy atom. The molecule has 98 valence electrons. The average Bonchev–Trinajstić information content (AvgIpc) is 2.41. The van der Waals surface area contributed by atoms with Crippen LogP contribution >= 0.6 is 11.6 Å². The smallest absolute Gasteiger partial charge is 0.257 e. The number of hydrogen-bond acceptors (Lipinski definition) is 2. The molecule has 0 radical (unpaired) electrons. The van der Waals surface area contributed by atoms with Crippen molar-refractivity contribution in [1.29, 1.82) is 0 Å². The van der Waals surface area contributed by atoms with Gasteiger partial charge in [0.2, 0.25) is 0 Å². The quantitative estimate of drug-likeness (QED) is 0.772. The van der Waals surface area contributed by atoms with Gasteiger partial charge in [-0.15, -0.1) is 11.6 Å². The summed E-state index contributed by atoms with van der Waals surface area (Å²) in [5.74, 6) is -0.411. The first-order chi connectivity index (χ1) is 8.63. The molecule has 1 atom stereocenters. The van der Waals surface area contributed by atoms with E-state index < -0.39 is 5.82 Å². The fourth-order valence-corrected chi connectivity index (χ4v) is 2.17. The second-order valence-corrected chi connectivity index (χ2v) is 4.64.